The van der Waals surface area contributed by atoms with Gasteiger partial charge >= 0.3 is 0 Å². The van der Waals surface area contributed by atoms with Gasteiger partial charge in [-0.25, -0.2) is 9.97 Å². The summed E-state index contributed by atoms with van der Waals surface area (Å²) in [5.74, 6) is 0.530. The number of halogens is 1. The number of nitrogens with one attached hydrogen (secondary N) is 1. The van der Waals surface area contributed by atoms with Crippen LogP contribution in [0.15, 0.2) is 53.3 Å². The van der Waals surface area contributed by atoms with E-state index in [1.54, 1.807) is 12.4 Å². The molecule has 5 rings (SSSR count). The Bertz CT molecular complexity index is 1120. The van der Waals surface area contributed by atoms with E-state index in [-0.39, 0.29) is 0 Å². The van der Waals surface area contributed by atoms with Gasteiger partial charge in [-0.1, -0.05) is 12.1 Å². The smallest absolute Gasteiger partial charge is 0.227 e. The summed E-state index contributed by atoms with van der Waals surface area (Å²) in [7, 11) is 0. The number of hydrogen-bond donors (Lipinski definition) is 1. The molecule has 0 bridgehead atoms. The van der Waals surface area contributed by atoms with E-state index in [4.69, 9.17) is 9.15 Å². The van der Waals surface area contributed by atoms with Crippen molar-refractivity contribution in [3.8, 4) is 11.3 Å². The summed E-state index contributed by atoms with van der Waals surface area (Å²) in [6, 6.07) is 10.4. The summed E-state index contributed by atoms with van der Waals surface area (Å²) >= 11 is 2.18. The quantitative estimate of drug-likeness (QED) is 0.418. The van der Waals surface area contributed by atoms with Gasteiger partial charge in [0.1, 0.15) is 5.58 Å². The van der Waals surface area contributed by atoms with Crippen LogP contribution < -0.4 is 5.32 Å². The van der Waals surface area contributed by atoms with Crippen LogP contribution in [0.2, 0.25) is 0 Å². The first-order chi connectivity index (χ1) is 13.8. The molecule has 4 heterocycles. The van der Waals surface area contributed by atoms with Crippen LogP contribution in [0.4, 0.5) is 11.6 Å². The molecule has 1 fully saturated rings. The summed E-state index contributed by atoms with van der Waals surface area (Å²) < 4.78 is 14.1. The van der Waals surface area contributed by atoms with Crippen LogP contribution in [-0.2, 0) is 4.74 Å². The van der Waals surface area contributed by atoms with E-state index in [9.17, 15) is 0 Å². The lowest BCUT2D eigenvalue weighted by Crippen LogP contribution is -2.19. The van der Waals surface area contributed by atoms with Crippen molar-refractivity contribution in [2.45, 2.75) is 18.9 Å². The summed E-state index contributed by atoms with van der Waals surface area (Å²) in [6.07, 6.45) is 7.53. The number of aromatic nitrogens is 4. The monoisotopic (exact) mass is 487 g/mol. The fraction of sp³-hybridized carbons (Fsp3) is 0.250. The summed E-state index contributed by atoms with van der Waals surface area (Å²) in [6.45, 7) is 1.57. The van der Waals surface area contributed by atoms with Crippen LogP contribution in [-0.4, -0.2) is 33.0 Å². The van der Waals surface area contributed by atoms with Gasteiger partial charge in [0.25, 0.3) is 0 Å². The van der Waals surface area contributed by atoms with Crippen LogP contribution in [0, 0.1) is 3.77 Å². The van der Waals surface area contributed by atoms with E-state index < -0.39 is 0 Å². The Morgan fingerprint density at radius 3 is 2.96 bits per heavy atom. The molecule has 4 aromatic rings. The van der Waals surface area contributed by atoms with E-state index in [1.807, 2.05) is 41.2 Å². The van der Waals surface area contributed by atoms with Gasteiger partial charge < -0.3 is 14.5 Å². The van der Waals surface area contributed by atoms with E-state index in [1.165, 1.54) is 0 Å². The lowest BCUT2D eigenvalue weighted by molar-refractivity contribution is 0.0662. The average molecular weight is 487 g/mol. The molecule has 8 heteroatoms. The third-order valence-corrected chi connectivity index (χ3v) is 5.40. The molecule has 1 aromatic carbocycles. The van der Waals surface area contributed by atoms with Crippen molar-refractivity contribution in [2.75, 3.05) is 18.5 Å². The Labute approximate surface area is 175 Å². The molecule has 1 saturated heterocycles. The zero-order chi connectivity index (χ0) is 18.9. The highest BCUT2D eigenvalue weighted by molar-refractivity contribution is 14.1. The molecule has 0 saturated carbocycles. The number of para-hydroxylation sites is 1. The maximum atomic E-state index is 5.86. The molecular formula is C20H18IN5O2. The normalized spacial score (nSPS) is 15.2. The zero-order valence-electron chi connectivity index (χ0n) is 15.0. The van der Waals surface area contributed by atoms with Crippen LogP contribution in [0.1, 0.15) is 18.9 Å². The minimum absolute atomic E-state index is 0.385. The number of rotatable bonds is 4. The minimum atomic E-state index is 0.385. The van der Waals surface area contributed by atoms with Crippen molar-refractivity contribution in [1.29, 1.82) is 0 Å². The molecule has 28 heavy (non-hydrogen) atoms. The summed E-state index contributed by atoms with van der Waals surface area (Å²) in [4.78, 5) is 9.03. The summed E-state index contributed by atoms with van der Waals surface area (Å²) in [5.41, 5.74) is 3.47. The van der Waals surface area contributed by atoms with Crippen molar-refractivity contribution >= 4 is 45.2 Å². The Kier molecular flexibility index (Phi) is 4.73. The van der Waals surface area contributed by atoms with Gasteiger partial charge in [-0.05, 0) is 53.6 Å². The second-order valence-corrected chi connectivity index (χ2v) is 7.78. The van der Waals surface area contributed by atoms with Gasteiger partial charge in [-0.2, -0.15) is 5.10 Å². The van der Waals surface area contributed by atoms with Gasteiger partial charge in [0.2, 0.25) is 5.95 Å². The van der Waals surface area contributed by atoms with Crippen molar-refractivity contribution in [3.63, 3.8) is 0 Å². The number of benzene rings is 1. The molecular weight excluding hydrogens is 469 g/mol. The molecule has 0 aliphatic carbocycles. The van der Waals surface area contributed by atoms with Crippen molar-refractivity contribution in [1.82, 2.24) is 19.7 Å². The molecule has 0 radical (unpaired) electrons. The number of fused-ring (bicyclic) bond motifs is 1. The van der Waals surface area contributed by atoms with E-state index in [2.05, 4.69) is 43.0 Å². The fourth-order valence-electron chi connectivity index (χ4n) is 3.48. The molecule has 1 aliphatic heterocycles. The van der Waals surface area contributed by atoms with E-state index >= 15 is 0 Å². The standard InChI is InChI=1S/C20H18IN5O2/c21-18-10-13-2-1-3-16(19(13)28-18)17-4-7-22-20(25-17)24-14-11-23-26(12-14)15-5-8-27-9-6-15/h1-4,7,10-12,15H,5-6,8-9H2,(H,22,24,25). The fourth-order valence-corrected chi connectivity index (χ4v) is 4.04. The lowest BCUT2D eigenvalue weighted by Gasteiger charge is -2.22. The minimum Gasteiger partial charge on any atom is -0.450 e. The molecule has 0 atom stereocenters. The molecule has 0 unspecified atom stereocenters. The molecule has 142 valence electrons. The number of anilines is 2. The molecule has 1 N–H and O–H groups in total. The number of hydrogen-bond acceptors (Lipinski definition) is 6. The number of ether oxygens (including phenoxy) is 1. The van der Waals surface area contributed by atoms with Gasteiger partial charge in [-0.15, -0.1) is 0 Å². The van der Waals surface area contributed by atoms with Crippen LogP contribution in [0.5, 0.6) is 0 Å². The third-order valence-electron chi connectivity index (χ3n) is 4.87. The van der Waals surface area contributed by atoms with Gasteiger partial charge in [-0.3, -0.25) is 4.68 Å². The molecule has 7 nitrogen and oxygen atoms in total. The Balaban J connectivity index is 1.41. The topological polar surface area (TPSA) is 78.0 Å². The maximum absolute atomic E-state index is 5.86. The largest absolute Gasteiger partial charge is 0.450 e. The SMILES string of the molecule is Ic1cc2cccc(-c3ccnc(Nc4cnn(C5CCOCC5)c4)n3)c2o1. The maximum Gasteiger partial charge on any atom is 0.227 e. The van der Waals surface area contributed by atoms with Crippen molar-refractivity contribution in [2.24, 2.45) is 0 Å². The highest BCUT2D eigenvalue weighted by atomic mass is 127. The average Bonchev–Trinajstić information content (AvgIpc) is 3.34. The van der Waals surface area contributed by atoms with Gasteiger partial charge in [0, 0.05) is 36.6 Å². The van der Waals surface area contributed by atoms with Crippen molar-refractivity contribution < 1.29 is 9.15 Å². The Hall–Kier alpha value is -2.46. The lowest BCUT2D eigenvalue weighted by atomic mass is 10.1. The van der Waals surface area contributed by atoms with Crippen LogP contribution in [0.25, 0.3) is 22.2 Å². The molecule has 3 aromatic heterocycles. The van der Waals surface area contributed by atoms with Gasteiger partial charge in [0.15, 0.2) is 3.77 Å². The second-order valence-electron chi connectivity index (χ2n) is 6.72. The van der Waals surface area contributed by atoms with E-state index in [0.29, 0.717) is 12.0 Å². The highest BCUT2D eigenvalue weighted by Gasteiger charge is 2.17. The summed E-state index contributed by atoms with van der Waals surface area (Å²) in [5, 5.41) is 8.81. The first kappa shape index (κ1) is 17.6. The van der Waals surface area contributed by atoms with Gasteiger partial charge in [0.05, 0.1) is 23.6 Å². The second kappa shape index (κ2) is 7.51. The van der Waals surface area contributed by atoms with Crippen LogP contribution >= 0.6 is 22.6 Å². The highest BCUT2D eigenvalue weighted by Crippen LogP contribution is 2.31. The van der Waals surface area contributed by atoms with Crippen LogP contribution in [0.3, 0.4) is 0 Å². The van der Waals surface area contributed by atoms with E-state index in [0.717, 1.165) is 57.7 Å². The number of nitrogens with zero attached hydrogens (tertiary/aromatic N) is 4. The first-order valence-corrected chi connectivity index (χ1v) is 10.2. The zero-order valence-corrected chi connectivity index (χ0v) is 17.2. The number of furan rings is 1. The molecule has 0 amide bonds. The first-order valence-electron chi connectivity index (χ1n) is 9.17. The molecule has 0 spiro atoms. The Morgan fingerprint density at radius 2 is 2.07 bits per heavy atom. The predicted molar refractivity (Wildman–Crippen MR) is 115 cm³/mol. The molecule has 1 aliphatic rings. The third kappa shape index (κ3) is 3.49. The van der Waals surface area contributed by atoms with Crippen molar-refractivity contribution in [3.05, 3.63) is 52.7 Å². The Morgan fingerprint density at radius 1 is 1.18 bits per heavy atom. The predicted octanol–water partition coefficient (Wildman–Crippen LogP) is 4.79.